The Kier molecular flexibility index (Phi) is 4.36. The van der Waals surface area contributed by atoms with Gasteiger partial charge in [0.1, 0.15) is 6.54 Å². The maximum Gasteiger partial charge on any atom is 0.389 e. The van der Waals surface area contributed by atoms with Gasteiger partial charge >= 0.3 is 5.82 Å². The van der Waals surface area contributed by atoms with E-state index in [9.17, 15) is 14.9 Å². The first-order chi connectivity index (χ1) is 9.49. The van der Waals surface area contributed by atoms with Crippen LogP contribution in [-0.4, -0.2) is 37.6 Å². The molecule has 0 spiro atoms. The summed E-state index contributed by atoms with van der Waals surface area (Å²) in [6, 6.07) is 1.74. The Morgan fingerprint density at radius 2 is 2.20 bits per heavy atom. The second kappa shape index (κ2) is 6.02. The fourth-order valence-corrected chi connectivity index (χ4v) is 2.85. The lowest BCUT2D eigenvalue weighted by molar-refractivity contribution is -0.389. The smallest absolute Gasteiger partial charge is 0.358 e. The summed E-state index contributed by atoms with van der Waals surface area (Å²) in [5.41, 5.74) is 0. The number of hydrogen-bond donors (Lipinski definition) is 0. The molecule has 0 aliphatic heterocycles. The van der Waals surface area contributed by atoms with E-state index in [2.05, 4.69) is 5.10 Å². The van der Waals surface area contributed by atoms with E-state index in [0.29, 0.717) is 6.04 Å². The van der Waals surface area contributed by atoms with Crippen molar-refractivity contribution in [3.8, 4) is 0 Å². The van der Waals surface area contributed by atoms with Crippen molar-refractivity contribution < 1.29 is 9.72 Å². The molecule has 0 radical (unpaired) electrons. The van der Waals surface area contributed by atoms with Crippen LogP contribution in [0.15, 0.2) is 12.3 Å². The Labute approximate surface area is 117 Å². The highest BCUT2D eigenvalue weighted by Crippen LogP contribution is 2.25. The Hall–Kier alpha value is -1.92. The molecule has 1 fully saturated rings. The largest absolute Gasteiger partial charge is 0.389 e. The fourth-order valence-electron chi connectivity index (χ4n) is 2.85. The average Bonchev–Trinajstić information content (AvgIpc) is 2.99. The molecule has 0 bridgehead atoms. The second-order valence-electron chi connectivity index (χ2n) is 5.46. The van der Waals surface area contributed by atoms with E-state index in [1.807, 2.05) is 18.7 Å². The molecule has 7 nitrogen and oxygen atoms in total. The van der Waals surface area contributed by atoms with Gasteiger partial charge in [0.15, 0.2) is 0 Å². The predicted molar refractivity (Wildman–Crippen MR) is 73.1 cm³/mol. The van der Waals surface area contributed by atoms with E-state index in [1.165, 1.54) is 16.9 Å². The molecule has 110 valence electrons. The van der Waals surface area contributed by atoms with E-state index in [1.54, 1.807) is 0 Å². The zero-order valence-electron chi connectivity index (χ0n) is 11.9. The summed E-state index contributed by atoms with van der Waals surface area (Å²) in [6.45, 7) is 4.06. The standard InChI is InChI=1S/C13H20N4O3/c1-10(2)16(11-5-3-4-6-11)13(18)9-15-8-7-12(14-15)17(19)20/h7-8,10-11H,3-6,9H2,1-2H3. The lowest BCUT2D eigenvalue weighted by Crippen LogP contribution is -2.45. The third-order valence-corrected chi connectivity index (χ3v) is 3.67. The normalized spacial score (nSPS) is 15.8. The minimum Gasteiger partial charge on any atom is -0.358 e. The Morgan fingerprint density at radius 3 is 2.70 bits per heavy atom. The molecule has 1 heterocycles. The minimum absolute atomic E-state index is 0.0232. The van der Waals surface area contributed by atoms with Crippen LogP contribution in [0.2, 0.25) is 0 Å². The number of carbonyl (C=O) groups excluding carboxylic acids is 1. The van der Waals surface area contributed by atoms with Crippen LogP contribution < -0.4 is 0 Å². The Balaban J connectivity index is 2.05. The maximum atomic E-state index is 12.4. The van der Waals surface area contributed by atoms with Crippen molar-refractivity contribution in [1.29, 1.82) is 0 Å². The van der Waals surface area contributed by atoms with Gasteiger partial charge in [-0.15, -0.1) is 0 Å². The highest BCUT2D eigenvalue weighted by Gasteiger charge is 2.29. The average molecular weight is 280 g/mol. The van der Waals surface area contributed by atoms with Crippen LogP contribution in [-0.2, 0) is 11.3 Å². The van der Waals surface area contributed by atoms with Crippen molar-refractivity contribution in [1.82, 2.24) is 14.7 Å². The van der Waals surface area contributed by atoms with Crippen molar-refractivity contribution in [2.75, 3.05) is 0 Å². The topological polar surface area (TPSA) is 81.3 Å². The van der Waals surface area contributed by atoms with Crippen molar-refractivity contribution >= 4 is 11.7 Å². The first-order valence-corrected chi connectivity index (χ1v) is 6.98. The van der Waals surface area contributed by atoms with Gasteiger partial charge in [-0.05, 0) is 31.6 Å². The van der Waals surface area contributed by atoms with Crippen LogP contribution in [0.1, 0.15) is 39.5 Å². The van der Waals surface area contributed by atoms with Gasteiger partial charge in [0.25, 0.3) is 0 Å². The summed E-state index contributed by atoms with van der Waals surface area (Å²) in [5.74, 6) is -0.250. The summed E-state index contributed by atoms with van der Waals surface area (Å²) in [4.78, 5) is 24.3. The molecule has 1 aliphatic carbocycles. The van der Waals surface area contributed by atoms with Crippen molar-refractivity contribution in [2.24, 2.45) is 0 Å². The lowest BCUT2D eigenvalue weighted by atomic mass is 10.1. The predicted octanol–water partition coefficient (Wildman–Crippen LogP) is 1.97. The number of nitrogens with zero attached hydrogens (tertiary/aromatic N) is 4. The van der Waals surface area contributed by atoms with Gasteiger partial charge in [-0.3, -0.25) is 4.79 Å². The molecule has 0 atom stereocenters. The summed E-state index contributed by atoms with van der Waals surface area (Å²) < 4.78 is 1.34. The molecule has 1 aromatic heterocycles. The van der Waals surface area contributed by atoms with Gasteiger partial charge < -0.3 is 15.0 Å². The van der Waals surface area contributed by atoms with Crippen LogP contribution in [0.3, 0.4) is 0 Å². The number of nitro groups is 1. The fraction of sp³-hybridized carbons (Fsp3) is 0.692. The summed E-state index contributed by atoms with van der Waals surface area (Å²) in [7, 11) is 0. The first kappa shape index (κ1) is 14.5. The number of rotatable bonds is 5. The van der Waals surface area contributed by atoms with Crippen LogP contribution >= 0.6 is 0 Å². The third kappa shape index (κ3) is 3.15. The molecule has 0 saturated heterocycles. The van der Waals surface area contributed by atoms with Gasteiger partial charge in [0.05, 0.1) is 17.4 Å². The quantitative estimate of drug-likeness (QED) is 0.610. The molecule has 0 unspecified atom stereocenters. The molecule has 7 heteroatoms. The zero-order valence-corrected chi connectivity index (χ0v) is 11.9. The maximum absolute atomic E-state index is 12.4. The van der Waals surface area contributed by atoms with E-state index < -0.39 is 4.92 Å². The van der Waals surface area contributed by atoms with Crippen LogP contribution in [0.25, 0.3) is 0 Å². The SMILES string of the molecule is CC(C)N(C(=O)Cn1ccc([N+](=O)[O-])n1)C1CCCC1. The van der Waals surface area contributed by atoms with Crippen LogP contribution in [0, 0.1) is 10.1 Å². The highest BCUT2D eigenvalue weighted by molar-refractivity contribution is 5.76. The molecule has 20 heavy (non-hydrogen) atoms. The molecule has 1 aromatic rings. The van der Waals surface area contributed by atoms with Crippen molar-refractivity contribution in [2.45, 2.75) is 58.2 Å². The van der Waals surface area contributed by atoms with Gasteiger partial charge in [0, 0.05) is 12.1 Å². The molecule has 1 amide bonds. The first-order valence-electron chi connectivity index (χ1n) is 6.98. The van der Waals surface area contributed by atoms with Crippen LogP contribution in [0.4, 0.5) is 5.82 Å². The van der Waals surface area contributed by atoms with E-state index in [4.69, 9.17) is 0 Å². The van der Waals surface area contributed by atoms with Crippen LogP contribution in [0.5, 0.6) is 0 Å². The molecule has 1 saturated carbocycles. The Bertz CT molecular complexity index is 492. The van der Waals surface area contributed by atoms with Crippen molar-refractivity contribution in [3.63, 3.8) is 0 Å². The molecular weight excluding hydrogens is 260 g/mol. The molecule has 0 N–H and O–H groups in total. The highest BCUT2D eigenvalue weighted by atomic mass is 16.6. The van der Waals surface area contributed by atoms with Crippen molar-refractivity contribution in [3.05, 3.63) is 22.4 Å². The van der Waals surface area contributed by atoms with E-state index in [0.717, 1.165) is 25.7 Å². The number of carbonyl (C=O) groups is 1. The lowest BCUT2D eigenvalue weighted by Gasteiger charge is -2.32. The number of aromatic nitrogens is 2. The third-order valence-electron chi connectivity index (χ3n) is 3.67. The molecule has 2 rings (SSSR count). The van der Waals surface area contributed by atoms with E-state index in [-0.39, 0.29) is 24.3 Å². The zero-order chi connectivity index (χ0) is 14.7. The van der Waals surface area contributed by atoms with Gasteiger partial charge in [-0.2, -0.15) is 4.68 Å². The van der Waals surface area contributed by atoms with Gasteiger partial charge in [0.2, 0.25) is 5.91 Å². The second-order valence-corrected chi connectivity index (χ2v) is 5.46. The minimum atomic E-state index is -0.557. The van der Waals surface area contributed by atoms with Gasteiger partial charge in [-0.1, -0.05) is 12.8 Å². The number of hydrogen-bond acceptors (Lipinski definition) is 4. The molecule has 1 aliphatic rings. The molecular formula is C13H20N4O3. The Morgan fingerprint density at radius 1 is 1.55 bits per heavy atom. The summed E-state index contributed by atoms with van der Waals surface area (Å²) >= 11 is 0. The number of amides is 1. The van der Waals surface area contributed by atoms with E-state index >= 15 is 0 Å². The monoisotopic (exact) mass is 280 g/mol. The molecule has 0 aromatic carbocycles. The summed E-state index contributed by atoms with van der Waals surface area (Å²) in [5, 5.41) is 14.4. The summed E-state index contributed by atoms with van der Waals surface area (Å²) in [6.07, 6.45) is 5.89. The van der Waals surface area contributed by atoms with Gasteiger partial charge in [-0.25, -0.2) is 0 Å².